The summed E-state index contributed by atoms with van der Waals surface area (Å²) >= 11 is 0. The maximum Gasteiger partial charge on any atom is 0.0992 e. The molecule has 4 nitrogen and oxygen atoms in total. The maximum atomic E-state index is 6.05. The van der Waals surface area contributed by atoms with Crippen molar-refractivity contribution in [2.75, 3.05) is 0 Å². The topological polar surface area (TPSA) is 56.7 Å². The summed E-state index contributed by atoms with van der Waals surface area (Å²) in [7, 11) is 0. The van der Waals surface area contributed by atoms with E-state index in [2.05, 4.69) is 9.97 Å². The molecule has 15 heavy (non-hydrogen) atoms. The molecule has 0 aromatic carbocycles. The fraction of sp³-hybridized carbons (Fsp3) is 0.273. The fourth-order valence-corrected chi connectivity index (χ4v) is 1.64. The number of nitrogens with two attached hydrogens (primary N) is 1. The van der Waals surface area contributed by atoms with E-state index < -0.39 is 0 Å². The van der Waals surface area contributed by atoms with Crippen molar-refractivity contribution in [3.8, 4) is 5.69 Å². The zero-order valence-electron chi connectivity index (χ0n) is 8.30. The molecule has 0 saturated heterocycles. The number of rotatable bonds is 2. The molecule has 2 aromatic rings. The Balaban J connectivity index is 1.94. The molecule has 1 aliphatic carbocycles. The molecule has 2 aromatic heterocycles. The van der Waals surface area contributed by atoms with Crippen LogP contribution >= 0.6 is 0 Å². The average Bonchev–Trinajstić information content (AvgIpc) is 2.84. The Morgan fingerprint density at radius 1 is 1.33 bits per heavy atom. The molecular weight excluding hydrogens is 188 g/mol. The second-order valence-electron chi connectivity index (χ2n) is 4.03. The molecule has 0 spiro atoms. The summed E-state index contributed by atoms with van der Waals surface area (Å²) in [4.78, 5) is 8.39. The lowest BCUT2D eigenvalue weighted by atomic mass is 10.2. The highest BCUT2D eigenvalue weighted by Gasteiger charge is 2.41. The van der Waals surface area contributed by atoms with Gasteiger partial charge in [0.1, 0.15) is 0 Å². The highest BCUT2D eigenvalue weighted by Crippen LogP contribution is 2.41. The Kier molecular flexibility index (Phi) is 1.67. The minimum absolute atomic E-state index is 0.145. The van der Waals surface area contributed by atoms with Crippen LogP contribution in [0.25, 0.3) is 5.69 Å². The van der Waals surface area contributed by atoms with Gasteiger partial charge in [0.05, 0.1) is 29.4 Å². The van der Waals surface area contributed by atoms with E-state index in [4.69, 9.17) is 5.73 Å². The monoisotopic (exact) mass is 200 g/mol. The summed E-state index contributed by atoms with van der Waals surface area (Å²) in [5.41, 5.74) is 7.92. The van der Waals surface area contributed by atoms with Gasteiger partial charge in [-0.1, -0.05) is 0 Å². The van der Waals surface area contributed by atoms with Gasteiger partial charge >= 0.3 is 0 Å². The summed E-state index contributed by atoms with van der Waals surface area (Å²) in [6.45, 7) is 0. The molecule has 4 heteroatoms. The van der Waals surface area contributed by atoms with E-state index in [9.17, 15) is 0 Å². The zero-order valence-corrected chi connectivity index (χ0v) is 8.30. The second-order valence-corrected chi connectivity index (χ2v) is 4.03. The summed E-state index contributed by atoms with van der Waals surface area (Å²) in [6, 6.07) is 4.03. The van der Waals surface area contributed by atoms with Gasteiger partial charge in [0.2, 0.25) is 0 Å². The van der Waals surface area contributed by atoms with Crippen molar-refractivity contribution in [2.45, 2.75) is 18.4 Å². The van der Waals surface area contributed by atoms with Crippen LogP contribution in [0.2, 0.25) is 0 Å². The quantitative estimate of drug-likeness (QED) is 0.792. The number of hydrogen-bond acceptors (Lipinski definition) is 3. The Labute approximate surface area is 87.8 Å². The first-order valence-electron chi connectivity index (χ1n) is 5.02. The second kappa shape index (κ2) is 2.90. The molecule has 2 N–H and O–H groups in total. The zero-order chi connectivity index (χ0) is 10.3. The normalized spacial score (nSPS) is 17.7. The van der Waals surface area contributed by atoms with Crippen LogP contribution in [0.5, 0.6) is 0 Å². The Hall–Kier alpha value is -1.68. The smallest absolute Gasteiger partial charge is 0.0992 e. The molecule has 0 amide bonds. The molecule has 1 saturated carbocycles. The van der Waals surface area contributed by atoms with E-state index in [1.165, 1.54) is 0 Å². The summed E-state index contributed by atoms with van der Waals surface area (Å²) in [5.74, 6) is 0. The molecule has 0 unspecified atom stereocenters. The fourth-order valence-electron chi connectivity index (χ4n) is 1.64. The first-order valence-corrected chi connectivity index (χ1v) is 5.02. The Morgan fingerprint density at radius 3 is 2.73 bits per heavy atom. The summed E-state index contributed by atoms with van der Waals surface area (Å²) in [5, 5.41) is 0. The minimum Gasteiger partial charge on any atom is -0.320 e. The first-order chi connectivity index (χ1) is 7.28. The molecule has 0 aliphatic heterocycles. The standard InChI is InChI=1S/C11H12N4/c12-11(3-4-11)10-2-1-9(7-14-10)15-6-5-13-8-15/h1-2,5-8H,3-4,12H2. The third kappa shape index (κ3) is 1.43. The van der Waals surface area contributed by atoms with Crippen LogP contribution in [0, 0.1) is 0 Å². The third-order valence-electron chi connectivity index (χ3n) is 2.85. The van der Waals surface area contributed by atoms with Gasteiger partial charge < -0.3 is 10.3 Å². The lowest BCUT2D eigenvalue weighted by Gasteiger charge is -2.08. The van der Waals surface area contributed by atoms with Gasteiger partial charge in [-0.25, -0.2) is 4.98 Å². The molecule has 76 valence electrons. The van der Waals surface area contributed by atoms with Crippen molar-refractivity contribution in [1.29, 1.82) is 0 Å². The SMILES string of the molecule is NC1(c2ccc(-n3ccnc3)cn2)CC1. The molecular formula is C11H12N4. The number of imidazole rings is 1. The van der Waals surface area contributed by atoms with Crippen molar-refractivity contribution in [3.05, 3.63) is 42.7 Å². The summed E-state index contributed by atoms with van der Waals surface area (Å²) < 4.78 is 1.92. The van der Waals surface area contributed by atoms with Crippen molar-refractivity contribution in [2.24, 2.45) is 5.73 Å². The van der Waals surface area contributed by atoms with Gasteiger partial charge in [-0.2, -0.15) is 0 Å². The van der Waals surface area contributed by atoms with Crippen molar-refractivity contribution >= 4 is 0 Å². The molecule has 0 atom stereocenters. The first kappa shape index (κ1) is 8.61. The minimum atomic E-state index is -0.145. The van der Waals surface area contributed by atoms with E-state index in [1.807, 2.05) is 29.1 Å². The number of pyridine rings is 1. The van der Waals surface area contributed by atoms with Gasteiger partial charge in [0.15, 0.2) is 0 Å². The van der Waals surface area contributed by atoms with Gasteiger partial charge in [-0.05, 0) is 25.0 Å². The molecule has 1 fully saturated rings. The Morgan fingerprint density at radius 2 is 2.20 bits per heavy atom. The molecule has 3 rings (SSSR count). The van der Waals surface area contributed by atoms with Crippen molar-refractivity contribution in [1.82, 2.24) is 14.5 Å². The lowest BCUT2D eigenvalue weighted by molar-refractivity contribution is 0.707. The highest BCUT2D eigenvalue weighted by molar-refractivity contribution is 5.33. The van der Waals surface area contributed by atoms with Gasteiger partial charge in [0, 0.05) is 12.4 Å². The molecule has 0 radical (unpaired) electrons. The number of nitrogens with zero attached hydrogens (tertiary/aromatic N) is 3. The largest absolute Gasteiger partial charge is 0.320 e. The predicted molar refractivity (Wildman–Crippen MR) is 56.5 cm³/mol. The van der Waals surface area contributed by atoms with Crippen LogP contribution in [-0.2, 0) is 5.54 Å². The summed E-state index contributed by atoms with van der Waals surface area (Å²) in [6.07, 6.45) is 9.33. The van der Waals surface area contributed by atoms with Crippen LogP contribution in [0.4, 0.5) is 0 Å². The van der Waals surface area contributed by atoms with Crippen LogP contribution < -0.4 is 5.73 Å². The van der Waals surface area contributed by atoms with Gasteiger partial charge in [-0.15, -0.1) is 0 Å². The van der Waals surface area contributed by atoms with E-state index in [1.54, 1.807) is 12.5 Å². The van der Waals surface area contributed by atoms with Crippen molar-refractivity contribution in [3.63, 3.8) is 0 Å². The third-order valence-corrected chi connectivity index (χ3v) is 2.85. The number of aromatic nitrogens is 3. The van der Waals surface area contributed by atoms with E-state index >= 15 is 0 Å². The molecule has 1 aliphatic rings. The van der Waals surface area contributed by atoms with Crippen LogP contribution in [0.3, 0.4) is 0 Å². The van der Waals surface area contributed by atoms with E-state index in [0.717, 1.165) is 24.2 Å². The maximum absolute atomic E-state index is 6.05. The number of hydrogen-bond donors (Lipinski definition) is 1. The van der Waals surface area contributed by atoms with Crippen molar-refractivity contribution < 1.29 is 0 Å². The Bertz CT molecular complexity index is 454. The molecule has 2 heterocycles. The van der Waals surface area contributed by atoms with Gasteiger partial charge in [0.25, 0.3) is 0 Å². The lowest BCUT2D eigenvalue weighted by Crippen LogP contribution is -2.20. The molecule has 0 bridgehead atoms. The van der Waals surface area contributed by atoms with Crippen LogP contribution in [-0.4, -0.2) is 14.5 Å². The van der Waals surface area contributed by atoms with Gasteiger partial charge in [-0.3, -0.25) is 4.98 Å². The predicted octanol–water partition coefficient (Wildman–Crippen LogP) is 1.22. The van der Waals surface area contributed by atoms with Crippen LogP contribution in [0.15, 0.2) is 37.1 Å². The van der Waals surface area contributed by atoms with Crippen LogP contribution in [0.1, 0.15) is 18.5 Å². The average molecular weight is 200 g/mol. The highest BCUT2D eigenvalue weighted by atomic mass is 15.0. The van der Waals surface area contributed by atoms with E-state index in [-0.39, 0.29) is 5.54 Å². The van der Waals surface area contributed by atoms with E-state index in [0.29, 0.717) is 0 Å².